The van der Waals surface area contributed by atoms with Gasteiger partial charge in [0, 0.05) is 6.54 Å². The van der Waals surface area contributed by atoms with Gasteiger partial charge in [0.2, 0.25) is 0 Å². The Labute approximate surface area is 63.0 Å². The smallest absolute Gasteiger partial charge is 0.0696 e. The molecular weight excluding hydrogens is 126 g/mol. The molecule has 1 rings (SSSR count). The molecule has 2 atom stereocenters. The fourth-order valence-electron chi connectivity index (χ4n) is 1.17. The van der Waals surface area contributed by atoms with Crippen LogP contribution in [-0.2, 0) is 4.74 Å². The van der Waals surface area contributed by atoms with Crippen molar-refractivity contribution in [2.75, 3.05) is 19.7 Å². The Morgan fingerprint density at radius 2 is 2.30 bits per heavy atom. The molecule has 1 fully saturated rings. The highest BCUT2D eigenvalue weighted by atomic mass is 16.5. The Bertz CT molecular complexity index is 95.3. The minimum absolute atomic E-state index is 0.449. The molecule has 0 aromatic heterocycles. The average Bonchev–Trinajstić information content (AvgIpc) is 2.14. The van der Waals surface area contributed by atoms with E-state index in [0.717, 1.165) is 26.1 Å². The van der Waals surface area contributed by atoms with Crippen LogP contribution in [0.2, 0.25) is 0 Å². The summed E-state index contributed by atoms with van der Waals surface area (Å²) in [4.78, 5) is 0. The van der Waals surface area contributed by atoms with Crippen LogP contribution in [-0.4, -0.2) is 25.8 Å². The first-order valence-corrected chi connectivity index (χ1v) is 4.15. The summed E-state index contributed by atoms with van der Waals surface area (Å²) in [5.74, 6) is 0.677. The molecule has 0 aliphatic carbocycles. The molecule has 0 spiro atoms. The maximum atomic E-state index is 5.60. The van der Waals surface area contributed by atoms with Crippen molar-refractivity contribution in [2.24, 2.45) is 5.92 Å². The monoisotopic (exact) mass is 143 g/mol. The fourth-order valence-corrected chi connectivity index (χ4v) is 1.17. The molecule has 1 aliphatic heterocycles. The van der Waals surface area contributed by atoms with Gasteiger partial charge in [-0.25, -0.2) is 0 Å². The Balaban J connectivity index is 2.26. The topological polar surface area (TPSA) is 21.3 Å². The zero-order valence-corrected chi connectivity index (χ0v) is 6.89. The van der Waals surface area contributed by atoms with Crippen molar-refractivity contribution in [3.05, 3.63) is 0 Å². The first kappa shape index (κ1) is 8.02. The second-order valence-corrected chi connectivity index (χ2v) is 3.13. The van der Waals surface area contributed by atoms with Gasteiger partial charge in [-0.2, -0.15) is 0 Å². The number of rotatable bonds is 1. The molecule has 1 aliphatic rings. The van der Waals surface area contributed by atoms with Crippen molar-refractivity contribution in [3.63, 3.8) is 0 Å². The molecule has 0 aromatic carbocycles. The van der Waals surface area contributed by atoms with Gasteiger partial charge < -0.3 is 10.1 Å². The SMILES string of the molecule is CCC1CNCC(C)CO1. The summed E-state index contributed by atoms with van der Waals surface area (Å²) in [5, 5.41) is 3.37. The van der Waals surface area contributed by atoms with E-state index in [-0.39, 0.29) is 0 Å². The maximum absolute atomic E-state index is 5.60. The number of nitrogens with one attached hydrogen (secondary N) is 1. The first-order valence-electron chi connectivity index (χ1n) is 4.15. The summed E-state index contributed by atoms with van der Waals surface area (Å²) >= 11 is 0. The predicted octanol–water partition coefficient (Wildman–Crippen LogP) is 1.02. The van der Waals surface area contributed by atoms with E-state index in [1.165, 1.54) is 0 Å². The van der Waals surface area contributed by atoms with Crippen LogP contribution in [0.25, 0.3) is 0 Å². The van der Waals surface area contributed by atoms with Crippen LogP contribution in [0.15, 0.2) is 0 Å². The van der Waals surface area contributed by atoms with Crippen LogP contribution in [0.5, 0.6) is 0 Å². The third-order valence-electron chi connectivity index (χ3n) is 1.94. The van der Waals surface area contributed by atoms with Gasteiger partial charge in [0.15, 0.2) is 0 Å². The summed E-state index contributed by atoms with van der Waals surface area (Å²) < 4.78 is 5.60. The van der Waals surface area contributed by atoms with Crippen molar-refractivity contribution >= 4 is 0 Å². The number of hydrogen-bond acceptors (Lipinski definition) is 2. The lowest BCUT2D eigenvalue weighted by Crippen LogP contribution is -2.25. The van der Waals surface area contributed by atoms with Crippen molar-refractivity contribution < 1.29 is 4.74 Å². The van der Waals surface area contributed by atoms with Crippen molar-refractivity contribution in [1.82, 2.24) is 5.32 Å². The lowest BCUT2D eigenvalue weighted by atomic mass is 10.2. The van der Waals surface area contributed by atoms with E-state index in [0.29, 0.717) is 12.0 Å². The standard InChI is InChI=1S/C8H17NO/c1-3-8-5-9-4-7(2)6-10-8/h7-9H,3-6H2,1-2H3. The van der Waals surface area contributed by atoms with Crippen molar-refractivity contribution in [2.45, 2.75) is 26.4 Å². The number of hydrogen-bond donors (Lipinski definition) is 1. The molecule has 60 valence electrons. The number of ether oxygens (including phenoxy) is 1. The van der Waals surface area contributed by atoms with Crippen LogP contribution in [0.3, 0.4) is 0 Å². The average molecular weight is 143 g/mol. The van der Waals surface area contributed by atoms with Crippen LogP contribution in [0, 0.1) is 5.92 Å². The maximum Gasteiger partial charge on any atom is 0.0696 e. The lowest BCUT2D eigenvalue weighted by Gasteiger charge is -2.11. The highest BCUT2D eigenvalue weighted by molar-refractivity contribution is 4.67. The minimum atomic E-state index is 0.449. The molecular formula is C8H17NO. The van der Waals surface area contributed by atoms with Gasteiger partial charge in [0.05, 0.1) is 12.7 Å². The Morgan fingerprint density at radius 3 is 3.00 bits per heavy atom. The van der Waals surface area contributed by atoms with Crippen LogP contribution in [0.4, 0.5) is 0 Å². The molecule has 2 nitrogen and oxygen atoms in total. The summed E-state index contributed by atoms with van der Waals surface area (Å²) in [6, 6.07) is 0. The highest BCUT2D eigenvalue weighted by Crippen LogP contribution is 2.05. The minimum Gasteiger partial charge on any atom is -0.377 e. The summed E-state index contributed by atoms with van der Waals surface area (Å²) in [6.07, 6.45) is 1.57. The van der Waals surface area contributed by atoms with E-state index in [1.807, 2.05) is 0 Å². The van der Waals surface area contributed by atoms with Gasteiger partial charge in [-0.1, -0.05) is 13.8 Å². The van der Waals surface area contributed by atoms with E-state index in [4.69, 9.17) is 4.74 Å². The fraction of sp³-hybridized carbons (Fsp3) is 1.00. The molecule has 0 radical (unpaired) electrons. The van der Waals surface area contributed by atoms with Gasteiger partial charge in [0.1, 0.15) is 0 Å². The van der Waals surface area contributed by atoms with Gasteiger partial charge in [-0.15, -0.1) is 0 Å². The van der Waals surface area contributed by atoms with E-state index >= 15 is 0 Å². The molecule has 0 bridgehead atoms. The Kier molecular flexibility index (Phi) is 3.16. The van der Waals surface area contributed by atoms with Crippen molar-refractivity contribution in [1.29, 1.82) is 0 Å². The molecule has 1 N–H and O–H groups in total. The zero-order valence-electron chi connectivity index (χ0n) is 6.89. The largest absolute Gasteiger partial charge is 0.377 e. The van der Waals surface area contributed by atoms with Crippen molar-refractivity contribution in [3.8, 4) is 0 Å². The molecule has 2 unspecified atom stereocenters. The van der Waals surface area contributed by atoms with E-state index in [1.54, 1.807) is 0 Å². The van der Waals surface area contributed by atoms with Crippen LogP contribution < -0.4 is 5.32 Å². The van der Waals surface area contributed by atoms with Crippen LogP contribution in [0.1, 0.15) is 20.3 Å². The summed E-state index contributed by atoms with van der Waals surface area (Å²) in [5.41, 5.74) is 0. The highest BCUT2D eigenvalue weighted by Gasteiger charge is 2.13. The molecule has 2 heteroatoms. The molecule has 1 heterocycles. The molecule has 0 saturated carbocycles. The second kappa shape index (κ2) is 3.94. The third kappa shape index (κ3) is 2.27. The van der Waals surface area contributed by atoms with E-state index in [9.17, 15) is 0 Å². The second-order valence-electron chi connectivity index (χ2n) is 3.13. The zero-order chi connectivity index (χ0) is 7.40. The normalized spacial score (nSPS) is 35.4. The first-order chi connectivity index (χ1) is 4.83. The molecule has 0 amide bonds. The quantitative estimate of drug-likeness (QED) is 0.591. The Hall–Kier alpha value is -0.0800. The molecule has 1 saturated heterocycles. The van der Waals surface area contributed by atoms with Crippen LogP contribution >= 0.6 is 0 Å². The van der Waals surface area contributed by atoms with Gasteiger partial charge >= 0.3 is 0 Å². The lowest BCUT2D eigenvalue weighted by molar-refractivity contribution is 0.0499. The third-order valence-corrected chi connectivity index (χ3v) is 1.94. The Morgan fingerprint density at radius 1 is 1.50 bits per heavy atom. The van der Waals surface area contributed by atoms with E-state index < -0.39 is 0 Å². The summed E-state index contributed by atoms with van der Waals surface area (Å²) in [6.45, 7) is 7.44. The van der Waals surface area contributed by atoms with E-state index in [2.05, 4.69) is 19.2 Å². The molecule has 10 heavy (non-hydrogen) atoms. The van der Waals surface area contributed by atoms with Gasteiger partial charge in [-0.05, 0) is 18.9 Å². The molecule has 0 aromatic rings. The van der Waals surface area contributed by atoms with Gasteiger partial charge in [0.25, 0.3) is 0 Å². The summed E-state index contributed by atoms with van der Waals surface area (Å²) in [7, 11) is 0. The van der Waals surface area contributed by atoms with Gasteiger partial charge in [-0.3, -0.25) is 0 Å². The predicted molar refractivity (Wildman–Crippen MR) is 42.1 cm³/mol.